The Kier molecular flexibility index (Phi) is 5.60. The van der Waals surface area contributed by atoms with Crippen molar-refractivity contribution in [3.05, 3.63) is 95.3 Å². The van der Waals surface area contributed by atoms with Crippen LogP contribution < -0.4 is 11.1 Å². The molecule has 5 heteroatoms. The summed E-state index contributed by atoms with van der Waals surface area (Å²) in [5.41, 5.74) is 8.78. The molecule has 0 atom stereocenters. The molecular formula is C22H18N4O. The van der Waals surface area contributed by atoms with Crippen LogP contribution in [-0.2, 0) is 0 Å². The summed E-state index contributed by atoms with van der Waals surface area (Å²) in [6.45, 7) is 0.450. The predicted octanol–water partition coefficient (Wildman–Crippen LogP) is 3.06. The zero-order chi connectivity index (χ0) is 19.1. The molecule has 0 aliphatic rings. The highest BCUT2D eigenvalue weighted by molar-refractivity contribution is 6.08. The largest absolute Gasteiger partial charge is 0.384 e. The maximum absolute atomic E-state index is 12.3. The Bertz CT molecular complexity index is 998. The van der Waals surface area contributed by atoms with Crippen molar-refractivity contribution in [2.24, 2.45) is 5.73 Å². The summed E-state index contributed by atoms with van der Waals surface area (Å²) in [6.07, 6.45) is 1.55. The molecule has 1 heterocycles. The van der Waals surface area contributed by atoms with Gasteiger partial charge in [0.2, 0.25) is 0 Å². The van der Waals surface area contributed by atoms with Crippen LogP contribution in [0.25, 0.3) is 0 Å². The lowest BCUT2D eigenvalue weighted by Gasteiger charge is -2.03. The van der Waals surface area contributed by atoms with Crippen molar-refractivity contribution < 1.29 is 4.79 Å². The number of anilines is 1. The first-order valence-corrected chi connectivity index (χ1v) is 8.36. The zero-order valence-electron chi connectivity index (χ0n) is 14.6. The van der Waals surface area contributed by atoms with Gasteiger partial charge >= 0.3 is 0 Å². The monoisotopic (exact) mass is 354 g/mol. The van der Waals surface area contributed by atoms with Crippen LogP contribution in [0.3, 0.4) is 0 Å². The molecular weight excluding hydrogens is 336 g/mol. The van der Waals surface area contributed by atoms with Crippen molar-refractivity contribution in [3.63, 3.8) is 0 Å². The molecule has 27 heavy (non-hydrogen) atoms. The fraction of sp³-hybridized carbons (Fsp3) is 0.0455. The molecule has 5 nitrogen and oxygen atoms in total. The molecule has 1 aromatic heterocycles. The fourth-order valence-corrected chi connectivity index (χ4v) is 2.41. The van der Waals surface area contributed by atoms with Gasteiger partial charge in [-0.15, -0.1) is 0 Å². The number of aromatic nitrogens is 1. The maximum Gasteiger partial charge on any atom is 0.194 e. The number of ketones is 1. The molecule has 2 aromatic carbocycles. The van der Waals surface area contributed by atoms with Gasteiger partial charge in [0.25, 0.3) is 0 Å². The lowest BCUT2D eigenvalue weighted by Crippen LogP contribution is -2.10. The van der Waals surface area contributed by atoms with E-state index in [0.29, 0.717) is 28.9 Å². The molecule has 0 aliphatic carbocycles. The van der Waals surface area contributed by atoms with E-state index in [-0.39, 0.29) is 11.6 Å². The molecule has 0 unspecified atom stereocenters. The highest BCUT2D eigenvalue weighted by Crippen LogP contribution is 2.10. The predicted molar refractivity (Wildman–Crippen MR) is 107 cm³/mol. The van der Waals surface area contributed by atoms with Crippen LogP contribution in [0.4, 0.5) is 5.69 Å². The SMILES string of the molecule is N=C(N)c1ccc(NCC#Cc2ccc(C(=O)c3ccccc3)cn2)cc1. The van der Waals surface area contributed by atoms with Gasteiger partial charge in [-0.2, -0.15) is 0 Å². The van der Waals surface area contributed by atoms with Gasteiger partial charge in [0.15, 0.2) is 5.78 Å². The first-order valence-electron chi connectivity index (χ1n) is 8.36. The van der Waals surface area contributed by atoms with Crippen LogP contribution in [0.2, 0.25) is 0 Å². The molecule has 132 valence electrons. The van der Waals surface area contributed by atoms with E-state index in [9.17, 15) is 4.79 Å². The van der Waals surface area contributed by atoms with Crippen LogP contribution in [0.5, 0.6) is 0 Å². The summed E-state index contributed by atoms with van der Waals surface area (Å²) in [6, 6.07) is 19.8. The molecule has 0 bridgehead atoms. The van der Waals surface area contributed by atoms with Crippen molar-refractivity contribution in [1.29, 1.82) is 5.41 Å². The van der Waals surface area contributed by atoms with E-state index in [1.807, 2.05) is 30.3 Å². The lowest BCUT2D eigenvalue weighted by molar-refractivity contribution is 0.103. The minimum atomic E-state index is -0.0571. The number of carbonyl (C=O) groups excluding carboxylic acids is 1. The summed E-state index contributed by atoms with van der Waals surface area (Å²) in [7, 11) is 0. The third-order valence-electron chi connectivity index (χ3n) is 3.85. The van der Waals surface area contributed by atoms with Crippen molar-refractivity contribution in [3.8, 4) is 11.8 Å². The molecule has 0 amide bonds. The number of pyridine rings is 1. The Morgan fingerprint density at radius 1 is 0.963 bits per heavy atom. The van der Waals surface area contributed by atoms with Gasteiger partial charge in [-0.3, -0.25) is 10.2 Å². The van der Waals surface area contributed by atoms with E-state index < -0.39 is 0 Å². The lowest BCUT2D eigenvalue weighted by atomic mass is 10.1. The van der Waals surface area contributed by atoms with Crippen LogP contribution in [0.1, 0.15) is 27.2 Å². The Balaban J connectivity index is 1.57. The second-order valence-electron chi connectivity index (χ2n) is 5.77. The Labute approximate surface area is 157 Å². The second kappa shape index (κ2) is 8.45. The number of nitrogen functional groups attached to an aromatic ring is 1. The van der Waals surface area contributed by atoms with E-state index in [4.69, 9.17) is 11.1 Å². The smallest absolute Gasteiger partial charge is 0.194 e. The van der Waals surface area contributed by atoms with E-state index in [2.05, 4.69) is 22.1 Å². The second-order valence-corrected chi connectivity index (χ2v) is 5.77. The number of nitrogens with zero attached hydrogens (tertiary/aromatic N) is 1. The summed E-state index contributed by atoms with van der Waals surface area (Å²) in [5.74, 6) is 5.94. The number of amidine groups is 1. The number of carbonyl (C=O) groups is 1. The molecule has 0 radical (unpaired) electrons. The number of hydrogen-bond acceptors (Lipinski definition) is 4. The number of benzene rings is 2. The summed E-state index contributed by atoms with van der Waals surface area (Å²) in [5, 5.41) is 10.5. The normalized spacial score (nSPS) is 9.78. The molecule has 0 fully saturated rings. The number of rotatable bonds is 5. The van der Waals surface area contributed by atoms with Gasteiger partial charge in [-0.05, 0) is 42.3 Å². The van der Waals surface area contributed by atoms with Crippen molar-refractivity contribution in [1.82, 2.24) is 4.98 Å². The standard InChI is InChI=1S/C22H18N4O/c23-22(24)17-8-11-20(12-9-17)25-14-4-7-19-13-10-18(15-26-19)21(27)16-5-2-1-3-6-16/h1-3,5-6,8-13,15,25H,14H2,(H3,23,24). The third kappa shape index (κ3) is 4.80. The van der Waals surface area contributed by atoms with Gasteiger partial charge in [0.05, 0.1) is 6.54 Å². The first kappa shape index (κ1) is 17.9. The molecule has 3 aromatic rings. The van der Waals surface area contributed by atoms with Gasteiger partial charge in [0, 0.05) is 28.6 Å². The van der Waals surface area contributed by atoms with Crippen molar-refractivity contribution in [2.45, 2.75) is 0 Å². The average molecular weight is 354 g/mol. The minimum absolute atomic E-state index is 0.0432. The van der Waals surface area contributed by atoms with Crippen LogP contribution in [-0.4, -0.2) is 23.1 Å². The highest BCUT2D eigenvalue weighted by Gasteiger charge is 2.08. The molecule has 4 N–H and O–H groups in total. The van der Waals surface area contributed by atoms with Gasteiger partial charge in [0.1, 0.15) is 11.5 Å². The minimum Gasteiger partial charge on any atom is -0.384 e. The number of nitrogens with two attached hydrogens (primary N) is 1. The number of nitrogens with one attached hydrogen (secondary N) is 2. The van der Waals surface area contributed by atoms with E-state index in [1.54, 1.807) is 42.6 Å². The van der Waals surface area contributed by atoms with Crippen LogP contribution >= 0.6 is 0 Å². The summed E-state index contributed by atoms with van der Waals surface area (Å²) >= 11 is 0. The van der Waals surface area contributed by atoms with Crippen molar-refractivity contribution >= 4 is 17.3 Å². The maximum atomic E-state index is 12.3. The molecule has 0 saturated carbocycles. The highest BCUT2D eigenvalue weighted by atomic mass is 16.1. The van der Waals surface area contributed by atoms with Crippen LogP contribution in [0, 0.1) is 17.3 Å². The van der Waals surface area contributed by atoms with E-state index >= 15 is 0 Å². The van der Waals surface area contributed by atoms with Gasteiger partial charge in [-0.25, -0.2) is 4.98 Å². The summed E-state index contributed by atoms with van der Waals surface area (Å²) in [4.78, 5) is 16.6. The first-order chi connectivity index (χ1) is 13.1. The Morgan fingerprint density at radius 3 is 2.30 bits per heavy atom. The zero-order valence-corrected chi connectivity index (χ0v) is 14.6. The van der Waals surface area contributed by atoms with Gasteiger partial charge < -0.3 is 11.1 Å². The van der Waals surface area contributed by atoms with E-state index in [1.165, 1.54) is 0 Å². The molecule has 3 rings (SSSR count). The van der Waals surface area contributed by atoms with E-state index in [0.717, 1.165) is 5.69 Å². The third-order valence-corrected chi connectivity index (χ3v) is 3.85. The fourth-order valence-electron chi connectivity index (χ4n) is 2.41. The topological polar surface area (TPSA) is 91.9 Å². The van der Waals surface area contributed by atoms with Gasteiger partial charge in [-0.1, -0.05) is 36.3 Å². The number of hydrogen-bond donors (Lipinski definition) is 3. The molecule has 0 saturated heterocycles. The Morgan fingerprint density at radius 2 is 1.67 bits per heavy atom. The Hall–Kier alpha value is -3.91. The quantitative estimate of drug-likeness (QED) is 0.284. The van der Waals surface area contributed by atoms with Crippen LogP contribution in [0.15, 0.2) is 72.9 Å². The van der Waals surface area contributed by atoms with Crippen molar-refractivity contribution in [2.75, 3.05) is 11.9 Å². The molecule has 0 aliphatic heterocycles. The molecule has 0 spiro atoms. The average Bonchev–Trinajstić information content (AvgIpc) is 2.72. The summed E-state index contributed by atoms with van der Waals surface area (Å²) < 4.78 is 0.